The molecule has 0 fully saturated rings. The molecule has 0 aliphatic carbocycles. The number of nitrogens with one attached hydrogen (secondary N) is 1. The highest BCUT2D eigenvalue weighted by Crippen LogP contribution is 2.26. The Morgan fingerprint density at radius 2 is 2.04 bits per heavy atom. The summed E-state index contributed by atoms with van der Waals surface area (Å²) in [6.07, 6.45) is 5.17. The normalized spacial score (nSPS) is 11.3. The van der Waals surface area contributed by atoms with Crippen LogP contribution in [0, 0.1) is 4.77 Å². The van der Waals surface area contributed by atoms with E-state index in [1.807, 2.05) is 42.5 Å². The van der Waals surface area contributed by atoms with E-state index in [2.05, 4.69) is 26.3 Å². The van der Waals surface area contributed by atoms with Crippen molar-refractivity contribution in [2.24, 2.45) is 5.10 Å². The first kappa shape index (κ1) is 16.2. The van der Waals surface area contributed by atoms with E-state index < -0.39 is 0 Å². The van der Waals surface area contributed by atoms with Gasteiger partial charge >= 0.3 is 0 Å². The zero-order valence-electron chi connectivity index (χ0n) is 14.0. The van der Waals surface area contributed by atoms with Crippen molar-refractivity contribution in [3.63, 3.8) is 0 Å². The van der Waals surface area contributed by atoms with Gasteiger partial charge in [0.1, 0.15) is 5.75 Å². The number of methoxy groups -OCH3 is 1. The van der Waals surface area contributed by atoms with Gasteiger partial charge in [0, 0.05) is 23.5 Å². The van der Waals surface area contributed by atoms with Crippen LogP contribution in [0.3, 0.4) is 0 Å². The number of aromatic nitrogens is 4. The van der Waals surface area contributed by atoms with E-state index in [1.54, 1.807) is 30.4 Å². The molecule has 2 aromatic carbocycles. The maximum atomic E-state index is 5.51. The van der Waals surface area contributed by atoms with Crippen LogP contribution in [0.4, 0.5) is 0 Å². The molecule has 0 spiro atoms. The minimum atomic E-state index is 0.402. The number of nitrogens with zero attached hydrogens (tertiary/aromatic N) is 4. The van der Waals surface area contributed by atoms with Crippen LogP contribution in [0.25, 0.3) is 22.2 Å². The van der Waals surface area contributed by atoms with E-state index >= 15 is 0 Å². The van der Waals surface area contributed by atoms with Gasteiger partial charge in [-0.15, -0.1) is 0 Å². The lowest BCUT2D eigenvalue weighted by Gasteiger charge is -2.08. The van der Waals surface area contributed by atoms with Crippen LogP contribution in [0.1, 0.15) is 5.56 Å². The number of fused-ring (bicyclic) bond motifs is 1. The first-order valence-corrected chi connectivity index (χ1v) is 8.36. The van der Waals surface area contributed by atoms with Crippen LogP contribution in [0.5, 0.6) is 5.75 Å². The Morgan fingerprint density at radius 3 is 2.85 bits per heavy atom. The number of pyridine rings is 1. The summed E-state index contributed by atoms with van der Waals surface area (Å²) in [5.41, 5.74) is 1.70. The molecule has 0 radical (unpaired) electrons. The van der Waals surface area contributed by atoms with Gasteiger partial charge in [-0.1, -0.05) is 30.3 Å². The highest BCUT2D eigenvalue weighted by Gasteiger charge is 2.10. The summed E-state index contributed by atoms with van der Waals surface area (Å²) in [4.78, 5) is 4.12. The monoisotopic (exact) mass is 361 g/mol. The zero-order valence-corrected chi connectivity index (χ0v) is 14.8. The molecular formula is C19H15N5OS. The summed E-state index contributed by atoms with van der Waals surface area (Å²) in [5, 5.41) is 13.8. The summed E-state index contributed by atoms with van der Waals surface area (Å²) in [7, 11) is 1.64. The maximum Gasteiger partial charge on any atom is 0.216 e. The molecule has 0 saturated heterocycles. The quantitative estimate of drug-likeness (QED) is 0.440. The predicted octanol–water partition coefficient (Wildman–Crippen LogP) is 4.05. The molecule has 0 aliphatic rings. The molecule has 2 aromatic heterocycles. The average molecular weight is 361 g/mol. The van der Waals surface area contributed by atoms with Crippen molar-refractivity contribution in [3.05, 3.63) is 71.3 Å². The molecule has 4 rings (SSSR count). The van der Waals surface area contributed by atoms with E-state index in [1.165, 1.54) is 0 Å². The van der Waals surface area contributed by atoms with Crippen molar-refractivity contribution in [1.29, 1.82) is 0 Å². The molecule has 128 valence electrons. The number of hydrogen-bond donors (Lipinski definition) is 1. The third kappa shape index (κ3) is 2.89. The highest BCUT2D eigenvalue weighted by atomic mass is 32.1. The maximum absolute atomic E-state index is 5.51. The van der Waals surface area contributed by atoms with Gasteiger partial charge in [-0.3, -0.25) is 4.98 Å². The Morgan fingerprint density at radius 1 is 1.15 bits per heavy atom. The van der Waals surface area contributed by atoms with Crippen molar-refractivity contribution in [2.75, 3.05) is 7.11 Å². The van der Waals surface area contributed by atoms with Crippen LogP contribution in [0.2, 0.25) is 0 Å². The molecule has 1 N–H and O–H groups in total. The minimum Gasteiger partial charge on any atom is -0.496 e. The molecule has 4 aromatic rings. The lowest BCUT2D eigenvalue weighted by molar-refractivity contribution is 0.415. The fourth-order valence-electron chi connectivity index (χ4n) is 2.78. The van der Waals surface area contributed by atoms with Gasteiger partial charge < -0.3 is 4.74 Å². The Labute approximate surface area is 154 Å². The SMILES string of the molecule is COc1ccc2ccccc2c1/C=N\n1c(-c2cccnc2)n[nH]c1=S. The van der Waals surface area contributed by atoms with Crippen LogP contribution < -0.4 is 4.74 Å². The van der Waals surface area contributed by atoms with Gasteiger partial charge in [-0.05, 0) is 41.2 Å². The Balaban J connectivity index is 1.85. The van der Waals surface area contributed by atoms with Gasteiger partial charge in [0.2, 0.25) is 4.77 Å². The first-order chi connectivity index (χ1) is 12.8. The molecular weight excluding hydrogens is 346 g/mol. The number of benzene rings is 2. The number of ether oxygens (including phenoxy) is 1. The second kappa shape index (κ2) is 6.89. The zero-order chi connectivity index (χ0) is 17.9. The highest BCUT2D eigenvalue weighted by molar-refractivity contribution is 7.71. The Bertz CT molecular complexity index is 1150. The fraction of sp³-hybridized carbons (Fsp3) is 0.0526. The molecule has 6 nitrogen and oxygen atoms in total. The topological polar surface area (TPSA) is 68.1 Å². The number of H-pyrrole nitrogens is 1. The molecule has 0 saturated carbocycles. The molecule has 7 heteroatoms. The van der Waals surface area contributed by atoms with E-state index in [0.717, 1.165) is 27.6 Å². The van der Waals surface area contributed by atoms with Crippen LogP contribution in [-0.4, -0.2) is 33.2 Å². The number of hydrogen-bond acceptors (Lipinski definition) is 5. The van der Waals surface area contributed by atoms with Crippen molar-refractivity contribution < 1.29 is 4.74 Å². The standard InChI is InChI=1S/C19H15N5OS/c1-25-17-9-8-13-5-2-3-7-15(13)16(17)12-21-24-18(22-23-19(24)26)14-6-4-10-20-11-14/h2-12H,1H3,(H,23,26)/b21-12-. The Hall–Kier alpha value is -3.32. The van der Waals surface area contributed by atoms with E-state index in [-0.39, 0.29) is 0 Å². The fourth-order valence-corrected chi connectivity index (χ4v) is 2.96. The van der Waals surface area contributed by atoms with Crippen LogP contribution >= 0.6 is 12.2 Å². The smallest absolute Gasteiger partial charge is 0.216 e. The lowest BCUT2D eigenvalue weighted by Crippen LogP contribution is -1.97. The largest absolute Gasteiger partial charge is 0.496 e. The van der Waals surface area contributed by atoms with E-state index in [9.17, 15) is 0 Å². The number of aromatic amines is 1. The average Bonchev–Trinajstić information content (AvgIpc) is 3.07. The third-order valence-electron chi connectivity index (χ3n) is 4.02. The molecule has 0 unspecified atom stereocenters. The van der Waals surface area contributed by atoms with E-state index in [0.29, 0.717) is 10.6 Å². The summed E-state index contributed by atoms with van der Waals surface area (Å²) in [6, 6.07) is 15.8. The molecule has 0 bridgehead atoms. The predicted molar refractivity (Wildman–Crippen MR) is 104 cm³/mol. The summed E-state index contributed by atoms with van der Waals surface area (Å²) in [6.45, 7) is 0. The van der Waals surface area contributed by atoms with Crippen molar-refractivity contribution in [1.82, 2.24) is 19.9 Å². The van der Waals surface area contributed by atoms with Crippen LogP contribution in [-0.2, 0) is 0 Å². The molecule has 2 heterocycles. The van der Waals surface area contributed by atoms with E-state index in [4.69, 9.17) is 17.0 Å². The molecule has 0 amide bonds. The Kier molecular flexibility index (Phi) is 4.28. The summed E-state index contributed by atoms with van der Waals surface area (Å²) >= 11 is 5.32. The molecule has 0 atom stereocenters. The van der Waals surface area contributed by atoms with Crippen molar-refractivity contribution in [3.8, 4) is 17.1 Å². The molecule has 0 aliphatic heterocycles. The first-order valence-electron chi connectivity index (χ1n) is 7.96. The second-order valence-corrected chi connectivity index (χ2v) is 5.94. The van der Waals surface area contributed by atoms with Gasteiger partial charge in [0.05, 0.1) is 13.3 Å². The van der Waals surface area contributed by atoms with Gasteiger partial charge in [0.25, 0.3) is 0 Å². The minimum absolute atomic E-state index is 0.402. The summed E-state index contributed by atoms with van der Waals surface area (Å²) < 4.78 is 7.49. The van der Waals surface area contributed by atoms with Crippen LogP contribution in [0.15, 0.2) is 66.0 Å². The van der Waals surface area contributed by atoms with Gasteiger partial charge in [-0.25, -0.2) is 5.10 Å². The molecule has 26 heavy (non-hydrogen) atoms. The summed E-state index contributed by atoms with van der Waals surface area (Å²) in [5.74, 6) is 1.34. The second-order valence-electron chi connectivity index (χ2n) is 5.55. The lowest BCUT2D eigenvalue weighted by atomic mass is 10.0. The van der Waals surface area contributed by atoms with Crippen molar-refractivity contribution >= 4 is 29.2 Å². The van der Waals surface area contributed by atoms with Gasteiger partial charge in [0.15, 0.2) is 5.82 Å². The number of rotatable bonds is 4. The van der Waals surface area contributed by atoms with Crippen molar-refractivity contribution in [2.45, 2.75) is 0 Å². The van der Waals surface area contributed by atoms with Gasteiger partial charge in [-0.2, -0.15) is 14.9 Å². The third-order valence-corrected chi connectivity index (χ3v) is 4.29.